The van der Waals surface area contributed by atoms with Crippen LogP contribution < -0.4 is 10.2 Å². The Labute approximate surface area is 192 Å². The summed E-state index contributed by atoms with van der Waals surface area (Å²) in [5, 5.41) is 2.63. The summed E-state index contributed by atoms with van der Waals surface area (Å²) in [7, 11) is 1.99. The van der Waals surface area contributed by atoms with Crippen molar-refractivity contribution in [2.75, 3.05) is 18.0 Å². The molecule has 172 valence electrons. The number of amides is 2. The summed E-state index contributed by atoms with van der Waals surface area (Å²) in [6.45, 7) is 1.88. The first-order valence-electron chi connectivity index (χ1n) is 11.0. The zero-order valence-electron chi connectivity index (χ0n) is 18.8. The SMILES string of the molecule is CC(=O)NC[C@H]1CN(c2ccc(-c3ccc(CCCc4nccn4C)cc3)c(F)c2)C(=O)O1. The van der Waals surface area contributed by atoms with Crippen LogP contribution in [0.3, 0.4) is 0 Å². The maximum Gasteiger partial charge on any atom is 0.414 e. The van der Waals surface area contributed by atoms with Crippen LogP contribution in [-0.4, -0.2) is 40.7 Å². The molecule has 2 amide bonds. The van der Waals surface area contributed by atoms with Gasteiger partial charge in [0, 0.05) is 38.3 Å². The minimum Gasteiger partial charge on any atom is -0.442 e. The van der Waals surface area contributed by atoms with Gasteiger partial charge in [-0.15, -0.1) is 0 Å². The number of aromatic nitrogens is 2. The van der Waals surface area contributed by atoms with Gasteiger partial charge in [-0.25, -0.2) is 14.2 Å². The van der Waals surface area contributed by atoms with E-state index in [1.165, 1.54) is 23.5 Å². The van der Waals surface area contributed by atoms with Crippen molar-refractivity contribution in [3.8, 4) is 11.1 Å². The van der Waals surface area contributed by atoms with Crippen LogP contribution in [-0.2, 0) is 29.4 Å². The van der Waals surface area contributed by atoms with E-state index < -0.39 is 18.0 Å². The van der Waals surface area contributed by atoms with Gasteiger partial charge >= 0.3 is 6.09 Å². The summed E-state index contributed by atoms with van der Waals surface area (Å²) in [5.41, 5.74) is 2.87. The van der Waals surface area contributed by atoms with E-state index in [1.807, 2.05) is 42.1 Å². The molecule has 3 aromatic rings. The summed E-state index contributed by atoms with van der Waals surface area (Å²) in [4.78, 5) is 29.0. The van der Waals surface area contributed by atoms with E-state index in [1.54, 1.807) is 18.3 Å². The number of rotatable bonds is 8. The van der Waals surface area contributed by atoms with E-state index in [9.17, 15) is 14.0 Å². The lowest BCUT2D eigenvalue weighted by atomic mass is 10.0. The van der Waals surface area contributed by atoms with Crippen LogP contribution in [0.15, 0.2) is 54.9 Å². The van der Waals surface area contributed by atoms with E-state index in [0.717, 1.165) is 30.7 Å². The molecule has 1 atom stereocenters. The number of hydrogen-bond acceptors (Lipinski definition) is 4. The van der Waals surface area contributed by atoms with Crippen LogP contribution in [0.2, 0.25) is 0 Å². The summed E-state index contributed by atoms with van der Waals surface area (Å²) in [6, 6.07) is 12.6. The Hall–Kier alpha value is -3.68. The second kappa shape index (κ2) is 9.85. The first-order chi connectivity index (χ1) is 15.9. The van der Waals surface area contributed by atoms with Gasteiger partial charge in [-0.2, -0.15) is 0 Å². The van der Waals surface area contributed by atoms with Gasteiger partial charge in [0.15, 0.2) is 0 Å². The molecule has 0 saturated carbocycles. The highest BCUT2D eigenvalue weighted by molar-refractivity contribution is 5.90. The van der Waals surface area contributed by atoms with E-state index in [0.29, 0.717) is 11.3 Å². The van der Waals surface area contributed by atoms with Crippen LogP contribution in [0.5, 0.6) is 0 Å². The Morgan fingerprint density at radius 3 is 2.67 bits per heavy atom. The Morgan fingerprint density at radius 2 is 2.00 bits per heavy atom. The molecule has 2 heterocycles. The number of carbonyl (C=O) groups excluding carboxylic acids is 2. The fourth-order valence-electron chi connectivity index (χ4n) is 3.94. The van der Waals surface area contributed by atoms with E-state index in [2.05, 4.69) is 10.3 Å². The molecule has 1 aliphatic rings. The van der Waals surface area contributed by atoms with Gasteiger partial charge in [-0.05, 0) is 42.2 Å². The Bertz CT molecular complexity index is 1140. The fourth-order valence-corrected chi connectivity index (χ4v) is 3.94. The molecular formula is C25H27FN4O3. The molecule has 33 heavy (non-hydrogen) atoms. The lowest BCUT2D eigenvalue weighted by Crippen LogP contribution is -2.33. The zero-order valence-corrected chi connectivity index (χ0v) is 18.8. The highest BCUT2D eigenvalue weighted by Crippen LogP contribution is 2.29. The average molecular weight is 451 g/mol. The molecule has 0 aliphatic carbocycles. The molecule has 0 spiro atoms. The number of aryl methyl sites for hydroxylation is 3. The smallest absolute Gasteiger partial charge is 0.414 e. The third-order valence-electron chi connectivity index (χ3n) is 5.77. The number of benzene rings is 2. The quantitative estimate of drug-likeness (QED) is 0.565. The van der Waals surface area contributed by atoms with Gasteiger partial charge < -0.3 is 14.6 Å². The van der Waals surface area contributed by atoms with Gasteiger partial charge in [-0.1, -0.05) is 24.3 Å². The van der Waals surface area contributed by atoms with Crippen LogP contribution in [0, 0.1) is 5.82 Å². The van der Waals surface area contributed by atoms with Crippen molar-refractivity contribution in [3.05, 3.63) is 72.1 Å². The molecule has 0 bridgehead atoms. The molecule has 0 unspecified atom stereocenters. The van der Waals surface area contributed by atoms with Crippen molar-refractivity contribution in [1.82, 2.24) is 14.9 Å². The minimum atomic E-state index is -0.549. The minimum absolute atomic E-state index is 0.195. The monoisotopic (exact) mass is 450 g/mol. The number of cyclic esters (lactones) is 1. The summed E-state index contributed by atoms with van der Waals surface area (Å²) in [6.07, 6.45) is 5.56. The van der Waals surface area contributed by atoms with Gasteiger partial charge in [0.05, 0.1) is 18.8 Å². The van der Waals surface area contributed by atoms with Crippen molar-refractivity contribution in [2.24, 2.45) is 7.05 Å². The zero-order chi connectivity index (χ0) is 23.4. The van der Waals surface area contributed by atoms with Gasteiger partial charge in [0.2, 0.25) is 5.91 Å². The van der Waals surface area contributed by atoms with E-state index in [4.69, 9.17) is 4.74 Å². The van der Waals surface area contributed by atoms with Crippen molar-refractivity contribution in [3.63, 3.8) is 0 Å². The van der Waals surface area contributed by atoms with Crippen molar-refractivity contribution < 1.29 is 18.7 Å². The lowest BCUT2D eigenvalue weighted by molar-refractivity contribution is -0.119. The molecule has 1 aliphatic heterocycles. The largest absolute Gasteiger partial charge is 0.442 e. The molecule has 1 fully saturated rings. The average Bonchev–Trinajstić information content (AvgIpc) is 3.38. The summed E-state index contributed by atoms with van der Waals surface area (Å²) >= 11 is 0. The van der Waals surface area contributed by atoms with Crippen molar-refractivity contribution in [2.45, 2.75) is 32.3 Å². The first kappa shape index (κ1) is 22.5. The maximum atomic E-state index is 14.9. The van der Waals surface area contributed by atoms with Crippen molar-refractivity contribution >= 4 is 17.7 Å². The number of nitrogens with one attached hydrogen (secondary N) is 1. The summed E-state index contributed by atoms with van der Waals surface area (Å²) < 4.78 is 22.2. The van der Waals surface area contributed by atoms with Gasteiger partial charge in [-0.3, -0.25) is 9.69 Å². The summed E-state index contributed by atoms with van der Waals surface area (Å²) in [5.74, 6) is 0.462. The predicted octanol–water partition coefficient (Wildman–Crippen LogP) is 3.86. The molecule has 1 aromatic heterocycles. The molecule has 7 nitrogen and oxygen atoms in total. The van der Waals surface area contributed by atoms with Gasteiger partial charge in [0.1, 0.15) is 17.7 Å². The number of ether oxygens (including phenoxy) is 1. The topological polar surface area (TPSA) is 76.5 Å². The molecule has 1 saturated heterocycles. The number of anilines is 1. The van der Waals surface area contributed by atoms with E-state index >= 15 is 0 Å². The lowest BCUT2D eigenvalue weighted by Gasteiger charge is -2.15. The molecule has 8 heteroatoms. The van der Waals surface area contributed by atoms with Crippen LogP contribution in [0.4, 0.5) is 14.9 Å². The fraction of sp³-hybridized carbons (Fsp3) is 0.320. The molecule has 4 rings (SSSR count). The van der Waals surface area contributed by atoms with E-state index in [-0.39, 0.29) is 19.0 Å². The van der Waals surface area contributed by atoms with Crippen LogP contribution in [0.25, 0.3) is 11.1 Å². The molecule has 0 radical (unpaired) electrons. The first-order valence-corrected chi connectivity index (χ1v) is 11.0. The second-order valence-electron chi connectivity index (χ2n) is 8.22. The number of imidazole rings is 1. The third-order valence-corrected chi connectivity index (χ3v) is 5.77. The number of nitrogens with zero attached hydrogens (tertiary/aromatic N) is 3. The highest BCUT2D eigenvalue weighted by atomic mass is 19.1. The van der Waals surface area contributed by atoms with Crippen molar-refractivity contribution in [1.29, 1.82) is 0 Å². The van der Waals surface area contributed by atoms with Gasteiger partial charge in [0.25, 0.3) is 0 Å². The Kier molecular flexibility index (Phi) is 6.72. The Balaban J connectivity index is 1.38. The Morgan fingerprint density at radius 1 is 1.21 bits per heavy atom. The van der Waals surface area contributed by atoms with Crippen LogP contribution >= 0.6 is 0 Å². The third kappa shape index (κ3) is 5.39. The molecular weight excluding hydrogens is 423 g/mol. The highest BCUT2D eigenvalue weighted by Gasteiger charge is 2.32. The van der Waals surface area contributed by atoms with Crippen LogP contribution in [0.1, 0.15) is 24.7 Å². The molecule has 2 aromatic carbocycles. The molecule has 1 N–H and O–H groups in total. The maximum absolute atomic E-state index is 14.9. The second-order valence-corrected chi connectivity index (χ2v) is 8.22. The number of carbonyl (C=O) groups is 2. The predicted molar refractivity (Wildman–Crippen MR) is 123 cm³/mol. The normalized spacial score (nSPS) is 15.5. The number of hydrogen-bond donors (Lipinski definition) is 1. The number of halogens is 1. The standard InChI is InChI=1S/C25H27FN4O3/c1-17(31)28-15-21-16-30(25(32)33-21)20-10-11-22(23(26)14-20)19-8-6-18(7-9-19)4-3-5-24-27-12-13-29(24)2/h6-14,21H,3-5,15-16H2,1-2H3,(H,28,31)/t21-/m0/s1.